The van der Waals surface area contributed by atoms with Crippen LogP contribution in [0.2, 0.25) is 0 Å². The Balaban J connectivity index is 1.97. The van der Waals surface area contributed by atoms with E-state index < -0.39 is 0 Å². The molecule has 98 valence electrons. The second-order valence-electron chi connectivity index (χ2n) is 4.72. The van der Waals surface area contributed by atoms with Crippen LogP contribution in [0.3, 0.4) is 0 Å². The minimum atomic E-state index is 0.220. The van der Waals surface area contributed by atoms with E-state index in [-0.39, 0.29) is 6.04 Å². The Kier molecular flexibility index (Phi) is 3.47. The van der Waals surface area contributed by atoms with E-state index in [1.807, 2.05) is 13.1 Å². The first kappa shape index (κ1) is 12.2. The van der Waals surface area contributed by atoms with E-state index in [9.17, 15) is 0 Å². The fourth-order valence-corrected chi connectivity index (χ4v) is 2.64. The van der Waals surface area contributed by atoms with E-state index in [2.05, 4.69) is 40.6 Å². The maximum absolute atomic E-state index is 5.54. The van der Waals surface area contributed by atoms with E-state index in [0.29, 0.717) is 6.61 Å². The van der Waals surface area contributed by atoms with Crippen LogP contribution in [-0.4, -0.2) is 18.1 Å². The van der Waals surface area contributed by atoms with Gasteiger partial charge in [0, 0.05) is 12.7 Å². The highest BCUT2D eigenvalue weighted by molar-refractivity contribution is 5.40. The van der Waals surface area contributed by atoms with Crippen molar-refractivity contribution in [3.63, 3.8) is 0 Å². The van der Waals surface area contributed by atoms with E-state index in [1.165, 1.54) is 11.1 Å². The van der Waals surface area contributed by atoms with Gasteiger partial charge in [0.25, 0.3) is 0 Å². The van der Waals surface area contributed by atoms with Gasteiger partial charge in [-0.1, -0.05) is 24.3 Å². The molecule has 0 radical (unpaired) electrons. The zero-order chi connectivity index (χ0) is 13.1. The Morgan fingerprint density at radius 2 is 2.21 bits per heavy atom. The van der Waals surface area contributed by atoms with Crippen molar-refractivity contribution in [2.45, 2.75) is 19.4 Å². The number of pyridine rings is 1. The molecule has 3 nitrogen and oxygen atoms in total. The fraction of sp³-hybridized carbons (Fsp3) is 0.312. The van der Waals surface area contributed by atoms with Crippen LogP contribution in [0.15, 0.2) is 42.7 Å². The lowest BCUT2D eigenvalue weighted by Crippen LogP contribution is -2.30. The van der Waals surface area contributed by atoms with Crippen LogP contribution in [0.1, 0.15) is 29.7 Å². The molecule has 3 heteroatoms. The van der Waals surface area contributed by atoms with Gasteiger partial charge in [0.05, 0.1) is 18.8 Å². The van der Waals surface area contributed by atoms with Gasteiger partial charge in [0.1, 0.15) is 5.75 Å². The number of ether oxygens (including phenoxy) is 1. The fourth-order valence-electron chi connectivity index (χ4n) is 2.64. The van der Waals surface area contributed by atoms with E-state index in [1.54, 1.807) is 6.20 Å². The number of fused-ring (bicyclic) bond motifs is 1. The van der Waals surface area contributed by atoms with Gasteiger partial charge in [-0.2, -0.15) is 0 Å². The number of benzene rings is 1. The average molecular weight is 254 g/mol. The van der Waals surface area contributed by atoms with Crippen LogP contribution in [0, 0.1) is 0 Å². The highest BCUT2D eigenvalue weighted by atomic mass is 16.5. The lowest BCUT2D eigenvalue weighted by atomic mass is 9.91. The number of nitrogens with one attached hydrogen (secondary N) is 1. The molecule has 2 heterocycles. The van der Waals surface area contributed by atoms with E-state index >= 15 is 0 Å². The number of hydrogen-bond acceptors (Lipinski definition) is 3. The van der Waals surface area contributed by atoms with Crippen LogP contribution in [0.25, 0.3) is 0 Å². The summed E-state index contributed by atoms with van der Waals surface area (Å²) in [5.74, 6) is 0.838. The summed E-state index contributed by atoms with van der Waals surface area (Å²) in [5.41, 5.74) is 3.94. The summed E-state index contributed by atoms with van der Waals surface area (Å²) >= 11 is 0. The molecule has 1 aliphatic heterocycles. The summed E-state index contributed by atoms with van der Waals surface area (Å²) < 4.78 is 5.54. The Hall–Kier alpha value is -1.87. The standard InChI is InChI=1S/C16H18N2O/c1-2-19-14-9-13(10-17-11-14)16-15-6-4-3-5-12(15)7-8-18-16/h3-6,9-11,16,18H,2,7-8H2,1H3. The summed E-state index contributed by atoms with van der Waals surface area (Å²) in [5, 5.41) is 3.57. The van der Waals surface area contributed by atoms with Gasteiger partial charge in [0.2, 0.25) is 0 Å². The van der Waals surface area contributed by atoms with Gasteiger partial charge < -0.3 is 10.1 Å². The van der Waals surface area contributed by atoms with Crippen LogP contribution in [0.4, 0.5) is 0 Å². The molecular formula is C16H18N2O. The molecular weight excluding hydrogens is 236 g/mol. The maximum Gasteiger partial charge on any atom is 0.137 e. The second kappa shape index (κ2) is 5.41. The molecule has 1 aliphatic rings. The summed E-state index contributed by atoms with van der Waals surface area (Å²) in [4.78, 5) is 4.29. The number of nitrogens with zero attached hydrogens (tertiary/aromatic N) is 1. The molecule has 1 aromatic heterocycles. The van der Waals surface area contributed by atoms with Gasteiger partial charge in [-0.3, -0.25) is 4.98 Å². The Labute approximate surface area is 113 Å². The SMILES string of the molecule is CCOc1cncc(C2NCCc3ccccc32)c1. The summed E-state index contributed by atoms with van der Waals surface area (Å²) in [6, 6.07) is 10.9. The quantitative estimate of drug-likeness (QED) is 0.914. The molecule has 2 aromatic rings. The third kappa shape index (κ3) is 2.47. The average Bonchev–Trinajstić information content (AvgIpc) is 2.47. The molecule has 0 fully saturated rings. The zero-order valence-electron chi connectivity index (χ0n) is 11.1. The molecule has 0 bridgehead atoms. The minimum Gasteiger partial charge on any atom is -0.492 e. The highest BCUT2D eigenvalue weighted by Crippen LogP contribution is 2.29. The summed E-state index contributed by atoms with van der Waals surface area (Å²) in [6.07, 6.45) is 4.77. The Morgan fingerprint density at radius 3 is 3.11 bits per heavy atom. The smallest absolute Gasteiger partial charge is 0.137 e. The first-order valence-corrected chi connectivity index (χ1v) is 6.77. The van der Waals surface area contributed by atoms with Crippen LogP contribution in [-0.2, 0) is 6.42 Å². The molecule has 0 saturated heterocycles. The lowest BCUT2D eigenvalue weighted by molar-refractivity contribution is 0.338. The van der Waals surface area contributed by atoms with Crippen molar-refractivity contribution in [3.05, 3.63) is 59.4 Å². The predicted octanol–water partition coefficient (Wildman–Crippen LogP) is 2.72. The molecule has 3 rings (SSSR count). The summed E-state index contributed by atoms with van der Waals surface area (Å²) in [6.45, 7) is 3.65. The largest absolute Gasteiger partial charge is 0.492 e. The third-order valence-electron chi connectivity index (χ3n) is 3.49. The first-order chi connectivity index (χ1) is 9.38. The van der Waals surface area contributed by atoms with Gasteiger partial charge in [-0.05, 0) is 36.1 Å². The monoisotopic (exact) mass is 254 g/mol. The summed E-state index contributed by atoms with van der Waals surface area (Å²) in [7, 11) is 0. The van der Waals surface area contributed by atoms with Crippen molar-refractivity contribution in [1.82, 2.24) is 10.3 Å². The number of rotatable bonds is 3. The van der Waals surface area contributed by atoms with Crippen molar-refractivity contribution in [2.75, 3.05) is 13.2 Å². The lowest BCUT2D eigenvalue weighted by Gasteiger charge is -2.27. The molecule has 0 spiro atoms. The highest BCUT2D eigenvalue weighted by Gasteiger charge is 2.21. The van der Waals surface area contributed by atoms with Gasteiger partial charge in [-0.15, -0.1) is 0 Å². The number of hydrogen-bond donors (Lipinski definition) is 1. The minimum absolute atomic E-state index is 0.220. The van der Waals surface area contributed by atoms with Crippen molar-refractivity contribution in [1.29, 1.82) is 0 Å². The van der Waals surface area contributed by atoms with Crippen molar-refractivity contribution in [2.24, 2.45) is 0 Å². The molecule has 1 N–H and O–H groups in total. The van der Waals surface area contributed by atoms with Crippen LogP contribution in [0.5, 0.6) is 5.75 Å². The maximum atomic E-state index is 5.54. The number of aromatic nitrogens is 1. The second-order valence-corrected chi connectivity index (χ2v) is 4.72. The normalized spacial score (nSPS) is 17.8. The molecule has 19 heavy (non-hydrogen) atoms. The van der Waals surface area contributed by atoms with Gasteiger partial charge in [0.15, 0.2) is 0 Å². The van der Waals surface area contributed by atoms with E-state index in [4.69, 9.17) is 4.74 Å². The van der Waals surface area contributed by atoms with Crippen LogP contribution >= 0.6 is 0 Å². The molecule has 1 aromatic carbocycles. The third-order valence-corrected chi connectivity index (χ3v) is 3.49. The van der Waals surface area contributed by atoms with E-state index in [0.717, 1.165) is 24.3 Å². The molecule has 0 saturated carbocycles. The predicted molar refractivity (Wildman–Crippen MR) is 75.4 cm³/mol. The zero-order valence-corrected chi connectivity index (χ0v) is 11.1. The first-order valence-electron chi connectivity index (χ1n) is 6.77. The topological polar surface area (TPSA) is 34.1 Å². The molecule has 0 aliphatic carbocycles. The Morgan fingerprint density at radius 1 is 1.32 bits per heavy atom. The van der Waals surface area contributed by atoms with Crippen molar-refractivity contribution in [3.8, 4) is 5.75 Å². The molecule has 1 unspecified atom stereocenters. The molecule has 1 atom stereocenters. The van der Waals surface area contributed by atoms with Crippen LogP contribution < -0.4 is 10.1 Å². The van der Waals surface area contributed by atoms with Crippen molar-refractivity contribution >= 4 is 0 Å². The Bertz CT molecular complexity index is 568. The molecule has 0 amide bonds. The van der Waals surface area contributed by atoms with Crippen molar-refractivity contribution < 1.29 is 4.74 Å². The van der Waals surface area contributed by atoms with Gasteiger partial charge in [-0.25, -0.2) is 0 Å². The van der Waals surface area contributed by atoms with Gasteiger partial charge >= 0.3 is 0 Å².